The molecule has 0 radical (unpaired) electrons. The predicted octanol–water partition coefficient (Wildman–Crippen LogP) is 0.776. The molecule has 20 heavy (non-hydrogen) atoms. The van der Waals surface area contributed by atoms with E-state index in [-0.39, 0.29) is 17.9 Å². The first-order valence-corrected chi connectivity index (χ1v) is 7.50. The summed E-state index contributed by atoms with van der Waals surface area (Å²) < 4.78 is 0. The highest BCUT2D eigenvalue weighted by molar-refractivity contribution is 5.79. The Morgan fingerprint density at radius 3 is 2.90 bits per heavy atom. The van der Waals surface area contributed by atoms with Crippen LogP contribution in [-0.2, 0) is 4.79 Å². The molecule has 5 nitrogen and oxygen atoms in total. The zero-order valence-corrected chi connectivity index (χ0v) is 11.7. The van der Waals surface area contributed by atoms with Crippen LogP contribution in [0.3, 0.4) is 0 Å². The quantitative estimate of drug-likeness (QED) is 0.855. The monoisotopic (exact) mass is 274 g/mol. The molecule has 5 heteroatoms. The summed E-state index contributed by atoms with van der Waals surface area (Å²) in [6, 6.07) is 6.22. The number of piperidine rings is 1. The van der Waals surface area contributed by atoms with E-state index >= 15 is 0 Å². The molecule has 1 amide bonds. The fraction of sp³-hybridized carbons (Fsp3) is 0.600. The summed E-state index contributed by atoms with van der Waals surface area (Å²) in [6.45, 7) is 3.76. The molecular weight excluding hydrogens is 252 g/mol. The van der Waals surface area contributed by atoms with Gasteiger partial charge in [-0.2, -0.15) is 0 Å². The van der Waals surface area contributed by atoms with Gasteiger partial charge in [-0.05, 0) is 44.5 Å². The molecule has 3 rings (SSSR count). The molecule has 2 saturated heterocycles. The van der Waals surface area contributed by atoms with E-state index in [0.717, 1.165) is 51.3 Å². The molecule has 0 saturated carbocycles. The van der Waals surface area contributed by atoms with E-state index in [0.29, 0.717) is 0 Å². The van der Waals surface area contributed by atoms with Crippen LogP contribution in [0.15, 0.2) is 24.4 Å². The Bertz CT molecular complexity index is 444. The van der Waals surface area contributed by atoms with Gasteiger partial charge in [-0.1, -0.05) is 6.07 Å². The van der Waals surface area contributed by atoms with Crippen LogP contribution in [0.25, 0.3) is 0 Å². The fourth-order valence-electron chi connectivity index (χ4n) is 3.03. The summed E-state index contributed by atoms with van der Waals surface area (Å²) in [4.78, 5) is 18.8. The van der Waals surface area contributed by atoms with E-state index in [2.05, 4.69) is 20.5 Å². The van der Waals surface area contributed by atoms with Crippen molar-refractivity contribution in [1.29, 1.82) is 0 Å². The third-order valence-corrected chi connectivity index (χ3v) is 4.22. The Kier molecular flexibility index (Phi) is 4.16. The lowest BCUT2D eigenvalue weighted by Gasteiger charge is -2.24. The third kappa shape index (κ3) is 3.10. The second-order valence-corrected chi connectivity index (χ2v) is 5.65. The largest absolute Gasteiger partial charge is 0.354 e. The van der Waals surface area contributed by atoms with E-state index in [1.807, 2.05) is 24.4 Å². The molecule has 2 fully saturated rings. The maximum atomic E-state index is 12.2. The van der Waals surface area contributed by atoms with Crippen LogP contribution in [0, 0.1) is 5.92 Å². The van der Waals surface area contributed by atoms with Gasteiger partial charge in [0.2, 0.25) is 5.91 Å². The molecule has 1 aromatic heterocycles. The predicted molar refractivity (Wildman–Crippen MR) is 78.6 cm³/mol. The van der Waals surface area contributed by atoms with Crippen molar-refractivity contribution in [3.63, 3.8) is 0 Å². The van der Waals surface area contributed by atoms with E-state index in [1.54, 1.807) is 0 Å². The summed E-state index contributed by atoms with van der Waals surface area (Å²) >= 11 is 0. The van der Waals surface area contributed by atoms with Crippen LogP contribution in [0.1, 0.15) is 19.3 Å². The van der Waals surface area contributed by atoms with Gasteiger partial charge >= 0.3 is 0 Å². The van der Waals surface area contributed by atoms with Gasteiger partial charge < -0.3 is 15.5 Å². The topological polar surface area (TPSA) is 57.3 Å². The average Bonchev–Trinajstić information content (AvgIpc) is 2.97. The van der Waals surface area contributed by atoms with Crippen molar-refractivity contribution in [3.8, 4) is 0 Å². The maximum absolute atomic E-state index is 12.2. The molecule has 0 aliphatic carbocycles. The number of aromatic nitrogens is 1. The summed E-state index contributed by atoms with van der Waals surface area (Å²) in [7, 11) is 0. The van der Waals surface area contributed by atoms with Gasteiger partial charge in [-0.25, -0.2) is 4.98 Å². The van der Waals surface area contributed by atoms with Crippen molar-refractivity contribution in [3.05, 3.63) is 24.4 Å². The normalized spacial score (nSPS) is 23.8. The van der Waals surface area contributed by atoms with Crippen molar-refractivity contribution < 1.29 is 4.79 Å². The smallest absolute Gasteiger partial charge is 0.223 e. The molecule has 2 aliphatic heterocycles. The van der Waals surface area contributed by atoms with Crippen LogP contribution in [0.4, 0.5) is 5.82 Å². The Hall–Kier alpha value is -1.62. The van der Waals surface area contributed by atoms with Crippen molar-refractivity contribution in [2.24, 2.45) is 5.92 Å². The number of hydrogen-bond donors (Lipinski definition) is 2. The minimum absolute atomic E-state index is 0.195. The van der Waals surface area contributed by atoms with Crippen molar-refractivity contribution >= 4 is 11.7 Å². The summed E-state index contributed by atoms with van der Waals surface area (Å²) in [5.74, 6) is 1.44. The first kappa shape index (κ1) is 13.4. The maximum Gasteiger partial charge on any atom is 0.223 e. The molecule has 1 unspecified atom stereocenters. The minimum Gasteiger partial charge on any atom is -0.354 e. The highest BCUT2D eigenvalue weighted by Crippen LogP contribution is 2.18. The molecule has 0 spiro atoms. The molecule has 2 aliphatic rings. The Morgan fingerprint density at radius 1 is 1.30 bits per heavy atom. The highest BCUT2D eigenvalue weighted by Gasteiger charge is 2.28. The molecule has 108 valence electrons. The van der Waals surface area contributed by atoms with Crippen molar-refractivity contribution in [2.45, 2.75) is 25.3 Å². The first-order valence-electron chi connectivity index (χ1n) is 7.50. The van der Waals surface area contributed by atoms with Gasteiger partial charge in [0.05, 0.1) is 0 Å². The summed E-state index contributed by atoms with van der Waals surface area (Å²) in [5, 5.41) is 6.51. The molecule has 1 aromatic rings. The SMILES string of the molecule is O=C(NC1CCN(c2ccccn2)C1)C1CCNCC1. The third-order valence-electron chi connectivity index (χ3n) is 4.22. The van der Waals surface area contributed by atoms with Crippen molar-refractivity contribution in [1.82, 2.24) is 15.6 Å². The van der Waals surface area contributed by atoms with Gasteiger partial charge in [0, 0.05) is 31.2 Å². The van der Waals surface area contributed by atoms with Crippen LogP contribution >= 0.6 is 0 Å². The number of carbonyl (C=O) groups is 1. The summed E-state index contributed by atoms with van der Waals surface area (Å²) in [6.07, 6.45) is 4.74. The number of amides is 1. The number of nitrogens with one attached hydrogen (secondary N) is 2. The standard InChI is InChI=1S/C15H22N4O/c20-15(12-4-8-16-9-5-12)18-13-6-10-19(11-13)14-3-1-2-7-17-14/h1-3,7,12-13,16H,4-6,8-11H2,(H,18,20). The van der Waals surface area contributed by atoms with Gasteiger partial charge in [-0.15, -0.1) is 0 Å². The van der Waals surface area contributed by atoms with Gasteiger partial charge in [0.25, 0.3) is 0 Å². The molecule has 0 aromatic carbocycles. The lowest BCUT2D eigenvalue weighted by molar-refractivity contribution is -0.126. The lowest BCUT2D eigenvalue weighted by Crippen LogP contribution is -2.43. The fourth-order valence-corrected chi connectivity index (χ4v) is 3.03. The van der Waals surface area contributed by atoms with Crippen LogP contribution in [-0.4, -0.2) is 43.1 Å². The second kappa shape index (κ2) is 6.22. The Morgan fingerprint density at radius 2 is 2.15 bits per heavy atom. The number of pyridine rings is 1. The molecule has 0 bridgehead atoms. The molecular formula is C15H22N4O. The number of nitrogens with zero attached hydrogens (tertiary/aromatic N) is 2. The number of carbonyl (C=O) groups excluding carboxylic acids is 1. The van der Waals surface area contributed by atoms with Crippen LogP contribution in [0.2, 0.25) is 0 Å². The summed E-state index contributed by atoms with van der Waals surface area (Å²) in [5.41, 5.74) is 0. The average molecular weight is 274 g/mol. The second-order valence-electron chi connectivity index (χ2n) is 5.65. The highest BCUT2D eigenvalue weighted by atomic mass is 16.2. The Labute approximate surface area is 119 Å². The molecule has 2 N–H and O–H groups in total. The van der Waals surface area contributed by atoms with E-state index < -0.39 is 0 Å². The van der Waals surface area contributed by atoms with Crippen LogP contribution in [0.5, 0.6) is 0 Å². The number of hydrogen-bond acceptors (Lipinski definition) is 4. The van der Waals surface area contributed by atoms with E-state index in [1.165, 1.54) is 0 Å². The number of rotatable bonds is 3. The Balaban J connectivity index is 1.51. The zero-order valence-electron chi connectivity index (χ0n) is 11.7. The number of anilines is 1. The van der Waals surface area contributed by atoms with Gasteiger partial charge in [0.1, 0.15) is 5.82 Å². The van der Waals surface area contributed by atoms with E-state index in [9.17, 15) is 4.79 Å². The van der Waals surface area contributed by atoms with Gasteiger partial charge in [-0.3, -0.25) is 4.79 Å². The molecule has 1 atom stereocenters. The molecule has 3 heterocycles. The van der Waals surface area contributed by atoms with Crippen molar-refractivity contribution in [2.75, 3.05) is 31.1 Å². The van der Waals surface area contributed by atoms with E-state index in [4.69, 9.17) is 0 Å². The van der Waals surface area contributed by atoms with Crippen LogP contribution < -0.4 is 15.5 Å². The zero-order chi connectivity index (χ0) is 13.8. The lowest BCUT2D eigenvalue weighted by atomic mass is 9.97. The minimum atomic E-state index is 0.195. The van der Waals surface area contributed by atoms with Gasteiger partial charge in [0.15, 0.2) is 0 Å². The first-order chi connectivity index (χ1) is 9.83.